The van der Waals surface area contributed by atoms with Gasteiger partial charge in [0.1, 0.15) is 0 Å². The Morgan fingerprint density at radius 2 is 1.40 bits per heavy atom. The van der Waals surface area contributed by atoms with E-state index < -0.39 is 8.24 Å². The van der Waals surface area contributed by atoms with Gasteiger partial charge in [0, 0.05) is 0 Å². The van der Waals surface area contributed by atoms with Gasteiger partial charge in [-0.15, -0.1) is 0 Å². The number of nitrogens with one attached hydrogen (secondary N) is 1. The van der Waals surface area contributed by atoms with Crippen molar-refractivity contribution in [3.05, 3.63) is 21.2 Å². The maximum atomic E-state index is 3.93. The van der Waals surface area contributed by atoms with Crippen LogP contribution in [0.4, 0.5) is 0 Å². The van der Waals surface area contributed by atoms with E-state index in [0.29, 0.717) is 0 Å². The molecule has 1 rings (SSSR count). The van der Waals surface area contributed by atoms with E-state index in [2.05, 4.69) is 82.8 Å². The summed E-state index contributed by atoms with van der Waals surface area (Å²) in [5, 5.41) is 0.189. The van der Waals surface area contributed by atoms with Gasteiger partial charge < -0.3 is 24.8 Å². The van der Waals surface area contributed by atoms with Crippen molar-refractivity contribution in [2.24, 2.45) is 0 Å². The van der Waals surface area contributed by atoms with Gasteiger partial charge in [0.2, 0.25) is 0 Å². The summed E-state index contributed by atoms with van der Waals surface area (Å²) >= 11 is 3.36. The Morgan fingerprint density at radius 3 is 1.65 bits per heavy atom. The largest absolute Gasteiger partial charge is 1.00 e. The molecule has 117 valence electrons. The summed E-state index contributed by atoms with van der Waals surface area (Å²) in [7, 11) is -1.64. The van der Waals surface area contributed by atoms with Crippen molar-refractivity contribution in [2.75, 3.05) is 0 Å². The predicted octanol–water partition coefficient (Wildman–Crippen LogP) is -1.48. The zero-order chi connectivity index (χ0) is 14.5. The van der Waals surface area contributed by atoms with E-state index in [1.54, 1.807) is 5.57 Å². The number of allylic oxidation sites excluding steroid dienone is 4. The Hall–Kier alpha value is 0.769. The van der Waals surface area contributed by atoms with E-state index in [9.17, 15) is 0 Å². The van der Waals surface area contributed by atoms with E-state index >= 15 is 0 Å². The summed E-state index contributed by atoms with van der Waals surface area (Å²) in [6.07, 6.45) is 0. The minimum Gasteiger partial charge on any atom is -1.00 e. The smallest absolute Gasteiger partial charge is 1.00 e. The quantitative estimate of drug-likeness (QED) is 0.583. The van der Waals surface area contributed by atoms with Gasteiger partial charge in [0.25, 0.3) is 0 Å². The third-order valence-corrected chi connectivity index (χ3v) is 10.5. The third-order valence-electron chi connectivity index (χ3n) is 4.61. The Balaban J connectivity index is 0. The maximum Gasteiger partial charge on any atom is -1.00 e. The van der Waals surface area contributed by atoms with Crippen LogP contribution in [-0.2, 0) is 16.3 Å². The van der Waals surface area contributed by atoms with Crippen LogP contribution in [-0.4, -0.2) is 13.8 Å². The second-order valence-electron chi connectivity index (χ2n) is 7.33. The fraction of sp³-hybridized carbons (Fsp3) is 0.733. The molecule has 5 heteroatoms. The molecule has 0 aromatic carbocycles. The topological polar surface area (TPSA) is 12.0 Å². The monoisotopic (exact) mass is 372 g/mol. The summed E-state index contributed by atoms with van der Waals surface area (Å²) < 4.78 is 1.45. The van der Waals surface area contributed by atoms with Crippen LogP contribution in [0.2, 0.25) is 18.1 Å². The van der Waals surface area contributed by atoms with Crippen molar-refractivity contribution in [1.29, 1.82) is 0 Å². The van der Waals surface area contributed by atoms with Gasteiger partial charge >= 0.3 is 123 Å². The molecule has 20 heavy (non-hydrogen) atoms. The first kappa shape index (κ1) is 23.0. The SMILES string of the molecule is CC1=C(C)C(C)([Si](C)(C)NC(C)(C)C)[C]([Cr+2])=C1C.[Cl-].[Cl-]. The van der Waals surface area contributed by atoms with Gasteiger partial charge in [-0.2, -0.15) is 0 Å². The van der Waals surface area contributed by atoms with Crippen LogP contribution in [0.1, 0.15) is 48.5 Å². The van der Waals surface area contributed by atoms with Crippen molar-refractivity contribution in [1.82, 2.24) is 4.98 Å². The molecule has 0 fully saturated rings. The van der Waals surface area contributed by atoms with Gasteiger partial charge in [0.05, 0.1) is 0 Å². The maximum absolute atomic E-state index is 3.93. The Labute approximate surface area is 147 Å². The molecule has 0 bridgehead atoms. The van der Waals surface area contributed by atoms with Crippen molar-refractivity contribution >= 4 is 8.24 Å². The van der Waals surface area contributed by atoms with Crippen LogP contribution < -0.4 is 29.8 Å². The summed E-state index contributed by atoms with van der Waals surface area (Å²) in [6.45, 7) is 20.9. The van der Waals surface area contributed by atoms with Gasteiger partial charge in [-0.1, -0.05) is 0 Å². The number of halogens is 2. The van der Waals surface area contributed by atoms with Crippen molar-refractivity contribution in [2.45, 2.75) is 72.1 Å². The Bertz CT molecular complexity index is 410. The summed E-state index contributed by atoms with van der Waals surface area (Å²) in [5.74, 6) is 0. The molecule has 0 amide bonds. The summed E-state index contributed by atoms with van der Waals surface area (Å²) in [4.78, 5) is 3.93. The summed E-state index contributed by atoms with van der Waals surface area (Å²) in [6, 6.07) is 0. The van der Waals surface area contributed by atoms with Crippen molar-refractivity contribution < 1.29 is 41.1 Å². The van der Waals surface area contributed by atoms with Crippen molar-refractivity contribution in [3.8, 4) is 0 Å². The number of hydrogen-bond acceptors (Lipinski definition) is 1. The molecule has 0 spiro atoms. The molecule has 1 N–H and O–H groups in total. The first-order valence-electron chi connectivity index (χ1n) is 6.70. The molecule has 1 aliphatic rings. The average Bonchev–Trinajstić information content (AvgIpc) is 2.32. The first-order valence-corrected chi connectivity index (χ1v) is 10.3. The molecule has 0 saturated carbocycles. The van der Waals surface area contributed by atoms with E-state index in [1.807, 2.05) is 0 Å². The van der Waals surface area contributed by atoms with Gasteiger partial charge in [-0.05, 0) is 0 Å². The number of rotatable bonds is 2. The van der Waals surface area contributed by atoms with Crippen LogP contribution in [0.5, 0.6) is 0 Å². The Kier molecular flexibility index (Phi) is 7.95. The Morgan fingerprint density at radius 1 is 1.00 bits per heavy atom. The molecule has 1 aliphatic carbocycles. The number of hydrogen-bond donors (Lipinski definition) is 1. The normalized spacial score (nSPS) is 23.6. The van der Waals surface area contributed by atoms with Gasteiger partial charge in [-0.3, -0.25) is 0 Å². The third kappa shape index (κ3) is 3.75. The fourth-order valence-corrected chi connectivity index (χ4v) is 8.87. The van der Waals surface area contributed by atoms with Crippen LogP contribution in [0.3, 0.4) is 0 Å². The first-order chi connectivity index (χ1) is 7.84. The molecule has 0 aliphatic heterocycles. The summed E-state index contributed by atoms with van der Waals surface area (Å²) in [5.41, 5.74) is 4.64. The molecule has 1 atom stereocenters. The van der Waals surface area contributed by atoms with Crippen molar-refractivity contribution in [3.63, 3.8) is 0 Å². The molecule has 0 aromatic rings. The standard InChI is InChI=1S/C15H28NSi.2ClH.Cr/c1-11-10-15(7,13(3)12(11)2)17(8,9)16-14(4,5)6;;;/h16H,1-9H3;2*1H;/q;;;+2/p-2. The predicted molar refractivity (Wildman–Crippen MR) is 79.8 cm³/mol. The van der Waals surface area contributed by atoms with Crippen LogP contribution in [0.15, 0.2) is 21.2 Å². The molecule has 0 aromatic heterocycles. The van der Waals surface area contributed by atoms with Crippen LogP contribution in [0.25, 0.3) is 0 Å². The molecule has 1 unspecified atom stereocenters. The van der Waals surface area contributed by atoms with Gasteiger partial charge in [-0.25, -0.2) is 0 Å². The zero-order valence-electron chi connectivity index (χ0n) is 14.2. The molecule has 0 saturated heterocycles. The fourth-order valence-electron chi connectivity index (χ4n) is 3.19. The molecule has 0 radical (unpaired) electrons. The second-order valence-corrected chi connectivity index (χ2v) is 12.5. The van der Waals surface area contributed by atoms with Gasteiger partial charge in [0.15, 0.2) is 0 Å². The zero-order valence-corrected chi connectivity index (χ0v) is 18.0. The van der Waals surface area contributed by atoms with Crippen LogP contribution >= 0.6 is 0 Å². The molecular weight excluding hydrogens is 345 g/mol. The van der Waals surface area contributed by atoms with Crippen LogP contribution in [0, 0.1) is 0 Å². The average molecular weight is 373 g/mol. The van der Waals surface area contributed by atoms with E-state index in [4.69, 9.17) is 0 Å². The molecule has 1 nitrogen and oxygen atoms in total. The van der Waals surface area contributed by atoms with E-state index in [1.165, 1.54) is 15.6 Å². The minimum absolute atomic E-state index is 0. The van der Waals surface area contributed by atoms with E-state index in [-0.39, 0.29) is 35.4 Å². The second kappa shape index (κ2) is 6.90. The minimum atomic E-state index is -1.64. The molecule has 0 heterocycles. The van der Waals surface area contributed by atoms with E-state index in [0.717, 1.165) is 0 Å². The molecular formula is C15H28Cl2CrNSi.